The molecular weight excluding hydrogens is 317 g/mol. The van der Waals surface area contributed by atoms with Crippen LogP contribution in [0.1, 0.15) is 6.92 Å². The van der Waals surface area contributed by atoms with E-state index in [1.165, 1.54) is 24.3 Å². The maximum Gasteiger partial charge on any atom is 0.265 e. The van der Waals surface area contributed by atoms with Crippen molar-refractivity contribution in [1.82, 2.24) is 0 Å². The number of anilines is 1. The first kappa shape index (κ1) is 16.7. The molecule has 3 nitrogen and oxygen atoms in total. The lowest BCUT2D eigenvalue weighted by atomic mass is 10.1. The summed E-state index contributed by atoms with van der Waals surface area (Å²) in [5.41, 5.74) is 2.73. The average molecular weight is 335 g/mol. The molecular formula is C21H18FNO2. The molecule has 1 atom stereocenters. The van der Waals surface area contributed by atoms with E-state index < -0.39 is 6.10 Å². The van der Waals surface area contributed by atoms with E-state index in [4.69, 9.17) is 4.74 Å². The number of carbonyl (C=O) groups is 1. The van der Waals surface area contributed by atoms with Gasteiger partial charge in [0.25, 0.3) is 5.91 Å². The molecule has 0 bridgehead atoms. The van der Waals surface area contributed by atoms with Gasteiger partial charge in [0, 0.05) is 5.69 Å². The van der Waals surface area contributed by atoms with Crippen molar-refractivity contribution in [2.24, 2.45) is 0 Å². The number of hydrogen-bond acceptors (Lipinski definition) is 2. The fraction of sp³-hybridized carbons (Fsp3) is 0.0952. The molecule has 0 heterocycles. The van der Waals surface area contributed by atoms with Gasteiger partial charge in [-0.2, -0.15) is 0 Å². The van der Waals surface area contributed by atoms with Crippen molar-refractivity contribution in [3.63, 3.8) is 0 Å². The molecule has 0 aliphatic heterocycles. The standard InChI is InChI=1S/C21H18FNO2/c1-15(21(24)23-19-11-9-18(22)10-12-19)25-20-13-7-17(8-14-20)16-5-3-2-4-6-16/h2-15H,1H3,(H,23,24). The number of halogens is 1. The Morgan fingerprint density at radius 1 is 0.880 bits per heavy atom. The zero-order valence-corrected chi connectivity index (χ0v) is 13.8. The topological polar surface area (TPSA) is 38.3 Å². The minimum Gasteiger partial charge on any atom is -0.481 e. The van der Waals surface area contributed by atoms with E-state index in [9.17, 15) is 9.18 Å². The quantitative estimate of drug-likeness (QED) is 0.720. The lowest BCUT2D eigenvalue weighted by Gasteiger charge is -2.15. The highest BCUT2D eigenvalue weighted by atomic mass is 19.1. The van der Waals surface area contributed by atoms with Crippen LogP contribution >= 0.6 is 0 Å². The summed E-state index contributed by atoms with van der Waals surface area (Å²) in [7, 11) is 0. The number of hydrogen-bond donors (Lipinski definition) is 1. The van der Waals surface area contributed by atoms with Gasteiger partial charge < -0.3 is 10.1 Å². The van der Waals surface area contributed by atoms with Gasteiger partial charge in [0.2, 0.25) is 0 Å². The maximum absolute atomic E-state index is 12.9. The molecule has 0 aliphatic rings. The van der Waals surface area contributed by atoms with Crippen LogP contribution in [0.4, 0.5) is 10.1 Å². The second-order valence-electron chi connectivity index (χ2n) is 5.65. The highest BCUT2D eigenvalue weighted by Crippen LogP contribution is 2.22. The number of nitrogens with one attached hydrogen (secondary N) is 1. The summed E-state index contributed by atoms with van der Waals surface area (Å²) in [6.07, 6.45) is -0.673. The molecule has 1 N–H and O–H groups in total. The van der Waals surface area contributed by atoms with Crippen molar-refractivity contribution in [1.29, 1.82) is 0 Å². The van der Waals surface area contributed by atoms with Gasteiger partial charge in [0.05, 0.1) is 0 Å². The lowest BCUT2D eigenvalue weighted by molar-refractivity contribution is -0.122. The third-order valence-electron chi connectivity index (χ3n) is 3.76. The van der Waals surface area contributed by atoms with E-state index >= 15 is 0 Å². The maximum atomic E-state index is 12.9. The van der Waals surface area contributed by atoms with Crippen molar-refractivity contribution in [3.8, 4) is 16.9 Å². The Balaban J connectivity index is 1.61. The number of ether oxygens (including phenoxy) is 1. The van der Waals surface area contributed by atoms with Gasteiger partial charge in [-0.1, -0.05) is 42.5 Å². The van der Waals surface area contributed by atoms with Crippen molar-refractivity contribution in [2.45, 2.75) is 13.0 Å². The largest absolute Gasteiger partial charge is 0.481 e. The van der Waals surface area contributed by atoms with Gasteiger partial charge in [0.1, 0.15) is 11.6 Å². The minimum atomic E-state index is -0.673. The molecule has 3 rings (SSSR count). The van der Waals surface area contributed by atoms with Crippen LogP contribution in [-0.2, 0) is 4.79 Å². The summed E-state index contributed by atoms with van der Waals surface area (Å²) in [5, 5.41) is 2.70. The Hall–Kier alpha value is -3.14. The van der Waals surface area contributed by atoms with Crippen LogP contribution in [-0.4, -0.2) is 12.0 Å². The Bertz CT molecular complexity index is 830. The zero-order valence-electron chi connectivity index (χ0n) is 13.8. The van der Waals surface area contributed by atoms with Crippen LogP contribution in [0, 0.1) is 5.82 Å². The van der Waals surface area contributed by atoms with Crippen molar-refractivity contribution < 1.29 is 13.9 Å². The normalized spacial score (nSPS) is 11.6. The molecule has 126 valence electrons. The summed E-state index contributed by atoms with van der Waals surface area (Å²) >= 11 is 0. The Labute approximate surface area is 146 Å². The monoisotopic (exact) mass is 335 g/mol. The number of benzene rings is 3. The van der Waals surface area contributed by atoms with Gasteiger partial charge in [-0.15, -0.1) is 0 Å². The fourth-order valence-electron chi connectivity index (χ4n) is 2.39. The van der Waals surface area contributed by atoms with Crippen molar-refractivity contribution in [3.05, 3.63) is 84.7 Å². The van der Waals surface area contributed by atoms with E-state index in [1.807, 2.05) is 54.6 Å². The van der Waals surface area contributed by atoms with Crippen LogP contribution in [0.2, 0.25) is 0 Å². The highest BCUT2D eigenvalue weighted by Gasteiger charge is 2.15. The average Bonchev–Trinajstić information content (AvgIpc) is 2.65. The van der Waals surface area contributed by atoms with Gasteiger partial charge in [-0.25, -0.2) is 4.39 Å². The van der Waals surface area contributed by atoms with Gasteiger partial charge >= 0.3 is 0 Å². The summed E-state index contributed by atoms with van der Waals surface area (Å²) in [6, 6.07) is 23.2. The smallest absolute Gasteiger partial charge is 0.265 e. The number of carbonyl (C=O) groups excluding carboxylic acids is 1. The molecule has 0 aliphatic carbocycles. The van der Waals surface area contributed by atoms with E-state index in [0.29, 0.717) is 11.4 Å². The predicted molar refractivity (Wildman–Crippen MR) is 97.0 cm³/mol. The third-order valence-corrected chi connectivity index (χ3v) is 3.76. The van der Waals surface area contributed by atoms with E-state index in [-0.39, 0.29) is 11.7 Å². The van der Waals surface area contributed by atoms with E-state index in [1.54, 1.807) is 6.92 Å². The number of amides is 1. The van der Waals surface area contributed by atoms with Crippen LogP contribution < -0.4 is 10.1 Å². The minimum absolute atomic E-state index is 0.293. The first-order valence-electron chi connectivity index (χ1n) is 8.00. The Morgan fingerprint density at radius 2 is 1.48 bits per heavy atom. The van der Waals surface area contributed by atoms with Crippen molar-refractivity contribution in [2.75, 3.05) is 5.32 Å². The summed E-state index contributed by atoms with van der Waals surface area (Å²) < 4.78 is 18.6. The highest BCUT2D eigenvalue weighted by molar-refractivity contribution is 5.94. The third kappa shape index (κ3) is 4.44. The van der Waals surface area contributed by atoms with Gasteiger partial charge in [-0.3, -0.25) is 4.79 Å². The molecule has 0 fully saturated rings. The summed E-state index contributed by atoms with van der Waals surface area (Å²) in [6.45, 7) is 1.67. The molecule has 3 aromatic rings. The molecule has 1 amide bonds. The number of rotatable bonds is 5. The molecule has 0 spiro atoms. The van der Waals surface area contributed by atoms with E-state index in [2.05, 4.69) is 5.32 Å². The van der Waals surface area contributed by atoms with Crippen LogP contribution in [0.3, 0.4) is 0 Å². The second kappa shape index (κ2) is 7.62. The first-order valence-corrected chi connectivity index (χ1v) is 8.00. The molecule has 3 aromatic carbocycles. The Morgan fingerprint density at radius 3 is 2.12 bits per heavy atom. The van der Waals surface area contributed by atoms with Gasteiger partial charge in [0.15, 0.2) is 6.10 Å². The Kier molecular flexibility index (Phi) is 5.09. The van der Waals surface area contributed by atoms with Crippen molar-refractivity contribution >= 4 is 11.6 Å². The van der Waals surface area contributed by atoms with Crippen LogP contribution in [0.5, 0.6) is 5.75 Å². The molecule has 0 radical (unpaired) electrons. The molecule has 1 unspecified atom stereocenters. The molecule has 0 aromatic heterocycles. The van der Waals surface area contributed by atoms with Crippen LogP contribution in [0.15, 0.2) is 78.9 Å². The van der Waals surface area contributed by atoms with Crippen LogP contribution in [0.25, 0.3) is 11.1 Å². The molecule has 0 saturated heterocycles. The van der Waals surface area contributed by atoms with Gasteiger partial charge in [-0.05, 0) is 54.4 Å². The molecule has 0 saturated carbocycles. The fourth-order valence-corrected chi connectivity index (χ4v) is 2.39. The predicted octanol–water partition coefficient (Wildman–Crippen LogP) is 4.90. The van der Waals surface area contributed by atoms with E-state index in [0.717, 1.165) is 11.1 Å². The first-order chi connectivity index (χ1) is 12.1. The zero-order chi connectivity index (χ0) is 17.6. The molecule has 25 heavy (non-hydrogen) atoms. The molecule has 4 heteroatoms. The summed E-state index contributed by atoms with van der Waals surface area (Å²) in [5.74, 6) is -0.0269. The summed E-state index contributed by atoms with van der Waals surface area (Å²) in [4.78, 5) is 12.2. The second-order valence-corrected chi connectivity index (χ2v) is 5.65. The lowest BCUT2D eigenvalue weighted by Crippen LogP contribution is -2.30. The SMILES string of the molecule is CC(Oc1ccc(-c2ccccc2)cc1)C(=O)Nc1ccc(F)cc1.